The van der Waals surface area contributed by atoms with E-state index in [1.807, 2.05) is 0 Å². The lowest BCUT2D eigenvalue weighted by atomic mass is 10.1. The highest BCUT2D eigenvalue weighted by molar-refractivity contribution is 5.98. The molecule has 0 fully saturated rings. The van der Waals surface area contributed by atoms with Gasteiger partial charge in [0.25, 0.3) is 5.91 Å². The lowest BCUT2D eigenvalue weighted by Crippen LogP contribution is -2.46. The van der Waals surface area contributed by atoms with E-state index in [0.29, 0.717) is 22.6 Å². The molecule has 0 saturated heterocycles. The molecule has 1 rings (SSSR count). The number of methoxy groups -OCH3 is 2. The number of carboxylic acid groups (broad SMARTS) is 1. The van der Waals surface area contributed by atoms with Crippen LogP contribution in [0, 0.1) is 6.92 Å². The summed E-state index contributed by atoms with van der Waals surface area (Å²) in [6.45, 7) is 4.73. The van der Waals surface area contributed by atoms with Gasteiger partial charge in [-0.3, -0.25) is 9.59 Å². The average Bonchev–Trinajstić information content (AvgIpc) is 2.56. The van der Waals surface area contributed by atoms with Crippen molar-refractivity contribution in [2.75, 3.05) is 27.3 Å². The highest BCUT2D eigenvalue weighted by Crippen LogP contribution is 2.31. The molecule has 1 atom stereocenters. The van der Waals surface area contributed by atoms with Crippen LogP contribution in [0.2, 0.25) is 0 Å². The van der Waals surface area contributed by atoms with Crippen LogP contribution in [0.15, 0.2) is 12.1 Å². The average molecular weight is 352 g/mol. The van der Waals surface area contributed by atoms with Crippen LogP contribution in [-0.2, 0) is 9.59 Å². The summed E-state index contributed by atoms with van der Waals surface area (Å²) in [5.41, 5.74) is 0.943. The molecule has 0 radical (unpaired) electrons. The summed E-state index contributed by atoms with van der Waals surface area (Å²) in [7, 11) is 2.95. The zero-order chi connectivity index (χ0) is 19.1. The maximum absolute atomic E-state index is 12.9. The first-order valence-corrected chi connectivity index (χ1v) is 7.73. The van der Waals surface area contributed by atoms with Gasteiger partial charge in [-0.15, -0.1) is 0 Å². The molecule has 0 bridgehead atoms. The maximum atomic E-state index is 12.9. The van der Waals surface area contributed by atoms with Gasteiger partial charge in [0.1, 0.15) is 6.04 Å². The molecule has 0 aliphatic carbocycles. The van der Waals surface area contributed by atoms with E-state index in [-0.39, 0.29) is 19.0 Å². The molecular weight excluding hydrogens is 328 g/mol. The Labute approximate surface area is 146 Å². The number of hydrogen-bond acceptors (Lipinski definition) is 5. The normalized spacial score (nSPS) is 11.4. The van der Waals surface area contributed by atoms with E-state index in [1.54, 1.807) is 13.0 Å². The predicted molar refractivity (Wildman–Crippen MR) is 91.1 cm³/mol. The first kappa shape index (κ1) is 20.3. The third kappa shape index (κ3) is 5.10. The first-order chi connectivity index (χ1) is 11.7. The van der Waals surface area contributed by atoms with E-state index in [1.165, 1.54) is 39.0 Å². The molecule has 138 valence electrons. The van der Waals surface area contributed by atoms with Crippen LogP contribution in [0.25, 0.3) is 0 Å². The standard InChI is InChI=1S/C17H24N2O6/c1-10-8-14(24-4)15(25-5)9-13(10)16(21)19(11(2)17(22)23)7-6-18-12(3)20/h8-9,11H,6-7H2,1-5H3,(H,18,20)(H,22,23). The van der Waals surface area contributed by atoms with Gasteiger partial charge in [-0.05, 0) is 31.5 Å². The number of carboxylic acids is 1. The largest absolute Gasteiger partial charge is 0.493 e. The highest BCUT2D eigenvalue weighted by atomic mass is 16.5. The summed E-state index contributed by atoms with van der Waals surface area (Å²) in [6.07, 6.45) is 0. The Morgan fingerprint density at radius 1 is 1.20 bits per heavy atom. The van der Waals surface area contributed by atoms with Crippen molar-refractivity contribution in [1.29, 1.82) is 0 Å². The van der Waals surface area contributed by atoms with E-state index in [4.69, 9.17) is 9.47 Å². The van der Waals surface area contributed by atoms with Gasteiger partial charge in [0, 0.05) is 25.6 Å². The third-order valence-corrected chi connectivity index (χ3v) is 3.77. The second-order valence-electron chi connectivity index (χ2n) is 5.52. The summed E-state index contributed by atoms with van der Waals surface area (Å²) in [5.74, 6) is -0.987. The fraction of sp³-hybridized carbons (Fsp3) is 0.471. The van der Waals surface area contributed by atoms with Crippen LogP contribution in [0.3, 0.4) is 0 Å². The van der Waals surface area contributed by atoms with Crippen LogP contribution in [0.1, 0.15) is 29.8 Å². The van der Waals surface area contributed by atoms with Gasteiger partial charge >= 0.3 is 5.97 Å². The Morgan fingerprint density at radius 3 is 2.24 bits per heavy atom. The van der Waals surface area contributed by atoms with Crippen molar-refractivity contribution in [3.05, 3.63) is 23.3 Å². The van der Waals surface area contributed by atoms with E-state index in [0.717, 1.165) is 0 Å². The molecular formula is C17H24N2O6. The van der Waals surface area contributed by atoms with Crippen molar-refractivity contribution in [2.45, 2.75) is 26.8 Å². The minimum Gasteiger partial charge on any atom is -0.493 e. The highest BCUT2D eigenvalue weighted by Gasteiger charge is 2.28. The Balaban J connectivity index is 3.19. The Kier molecular flexibility index (Phi) is 7.22. The summed E-state index contributed by atoms with van der Waals surface area (Å²) in [6, 6.07) is 2.13. The fourth-order valence-electron chi connectivity index (χ4n) is 2.32. The molecule has 1 unspecified atom stereocenters. The number of hydrogen-bond donors (Lipinski definition) is 2. The first-order valence-electron chi connectivity index (χ1n) is 7.73. The van der Waals surface area contributed by atoms with Crippen molar-refractivity contribution in [3.8, 4) is 11.5 Å². The molecule has 0 saturated carbocycles. The van der Waals surface area contributed by atoms with Crippen LogP contribution >= 0.6 is 0 Å². The molecule has 0 aromatic heterocycles. The third-order valence-electron chi connectivity index (χ3n) is 3.77. The SMILES string of the molecule is COc1cc(C)c(C(=O)N(CCNC(C)=O)C(C)C(=O)O)cc1OC. The quantitative estimate of drug-likeness (QED) is 0.725. The Hall–Kier alpha value is -2.77. The van der Waals surface area contributed by atoms with Crippen molar-refractivity contribution in [1.82, 2.24) is 10.2 Å². The zero-order valence-electron chi connectivity index (χ0n) is 15.1. The molecule has 0 aliphatic rings. The number of nitrogens with zero attached hydrogens (tertiary/aromatic N) is 1. The van der Waals surface area contributed by atoms with Gasteiger partial charge in [0.15, 0.2) is 11.5 Å². The second kappa shape index (κ2) is 8.91. The lowest BCUT2D eigenvalue weighted by molar-refractivity contribution is -0.141. The number of aryl methyl sites for hydroxylation is 1. The van der Waals surface area contributed by atoms with E-state index in [9.17, 15) is 19.5 Å². The van der Waals surface area contributed by atoms with Gasteiger partial charge < -0.3 is 24.8 Å². The van der Waals surface area contributed by atoms with Crippen LogP contribution < -0.4 is 14.8 Å². The Morgan fingerprint density at radius 2 is 1.76 bits per heavy atom. The number of carbonyl (C=O) groups is 3. The summed E-state index contributed by atoms with van der Waals surface area (Å²) < 4.78 is 10.4. The molecule has 0 heterocycles. The van der Waals surface area contributed by atoms with Crippen molar-refractivity contribution < 1.29 is 29.0 Å². The molecule has 2 amide bonds. The smallest absolute Gasteiger partial charge is 0.326 e. The van der Waals surface area contributed by atoms with E-state index in [2.05, 4.69) is 5.32 Å². The number of amides is 2. The minimum absolute atomic E-state index is 0.0691. The van der Waals surface area contributed by atoms with Crippen LogP contribution in [-0.4, -0.2) is 61.1 Å². The van der Waals surface area contributed by atoms with Crippen LogP contribution in [0.5, 0.6) is 11.5 Å². The summed E-state index contributed by atoms with van der Waals surface area (Å²) in [5, 5.41) is 11.8. The van der Waals surface area contributed by atoms with Gasteiger partial charge in [-0.2, -0.15) is 0 Å². The van der Waals surface area contributed by atoms with Gasteiger partial charge in [-0.25, -0.2) is 4.79 Å². The van der Waals surface area contributed by atoms with Crippen molar-refractivity contribution in [3.63, 3.8) is 0 Å². The molecule has 0 aliphatic heterocycles. The second-order valence-corrected chi connectivity index (χ2v) is 5.52. The molecule has 8 nitrogen and oxygen atoms in total. The van der Waals surface area contributed by atoms with Gasteiger partial charge in [0.05, 0.1) is 14.2 Å². The summed E-state index contributed by atoms with van der Waals surface area (Å²) >= 11 is 0. The molecule has 25 heavy (non-hydrogen) atoms. The maximum Gasteiger partial charge on any atom is 0.326 e. The molecule has 1 aromatic rings. The molecule has 2 N–H and O–H groups in total. The minimum atomic E-state index is -1.13. The van der Waals surface area contributed by atoms with E-state index >= 15 is 0 Å². The monoisotopic (exact) mass is 352 g/mol. The lowest BCUT2D eigenvalue weighted by Gasteiger charge is -2.27. The summed E-state index contributed by atoms with van der Waals surface area (Å²) in [4.78, 5) is 36.5. The molecule has 1 aromatic carbocycles. The number of rotatable bonds is 8. The van der Waals surface area contributed by atoms with Crippen molar-refractivity contribution in [2.24, 2.45) is 0 Å². The number of ether oxygens (including phenoxy) is 2. The van der Waals surface area contributed by atoms with Crippen LogP contribution in [0.4, 0.5) is 0 Å². The number of carbonyl (C=O) groups excluding carboxylic acids is 2. The zero-order valence-corrected chi connectivity index (χ0v) is 15.1. The molecule has 0 spiro atoms. The number of nitrogens with one attached hydrogen (secondary N) is 1. The van der Waals surface area contributed by atoms with Gasteiger partial charge in [-0.1, -0.05) is 0 Å². The predicted octanol–water partition coefficient (Wildman–Crippen LogP) is 1.06. The number of aliphatic carboxylic acids is 1. The Bertz CT molecular complexity index is 659. The van der Waals surface area contributed by atoms with E-state index < -0.39 is 17.9 Å². The topological polar surface area (TPSA) is 105 Å². The number of benzene rings is 1. The molecule has 8 heteroatoms. The fourth-order valence-corrected chi connectivity index (χ4v) is 2.32. The van der Waals surface area contributed by atoms with Gasteiger partial charge in [0.2, 0.25) is 5.91 Å². The van der Waals surface area contributed by atoms with Crippen molar-refractivity contribution >= 4 is 17.8 Å².